The van der Waals surface area contributed by atoms with Crippen molar-refractivity contribution in [2.75, 3.05) is 5.75 Å². The van der Waals surface area contributed by atoms with Gasteiger partial charge in [0.25, 0.3) is 20.2 Å². The van der Waals surface area contributed by atoms with Gasteiger partial charge < -0.3 is 0 Å². The van der Waals surface area contributed by atoms with Crippen molar-refractivity contribution in [3.05, 3.63) is 12.2 Å². The first kappa shape index (κ1) is 15.6. The summed E-state index contributed by atoms with van der Waals surface area (Å²) < 4.78 is 60.0. The average molecular weight is 272 g/mol. The highest BCUT2D eigenvalue weighted by atomic mass is 32.2. The Hall–Kier alpha value is -0.440. The zero-order valence-corrected chi connectivity index (χ0v) is 10.5. The molecule has 96 valence electrons. The summed E-state index contributed by atoms with van der Waals surface area (Å²) in [5, 5.41) is -1.52. The van der Waals surface area contributed by atoms with E-state index in [0.29, 0.717) is 0 Å². The maximum Gasteiger partial charge on any atom is 0.269 e. The summed E-state index contributed by atoms with van der Waals surface area (Å²) >= 11 is 0. The van der Waals surface area contributed by atoms with E-state index < -0.39 is 31.2 Å². The fourth-order valence-electron chi connectivity index (χ4n) is 1.04. The van der Waals surface area contributed by atoms with Gasteiger partial charge in [-0.2, -0.15) is 16.8 Å². The molecule has 1 unspecified atom stereocenters. The Morgan fingerprint density at radius 3 is 2.06 bits per heavy atom. The Morgan fingerprint density at radius 1 is 1.12 bits per heavy atom. The third-order valence-corrected chi connectivity index (χ3v) is 4.07. The van der Waals surface area contributed by atoms with Gasteiger partial charge in [0.05, 0.1) is 5.75 Å². The molecule has 0 spiro atoms. The zero-order chi connectivity index (χ0) is 12.8. The lowest BCUT2D eigenvalue weighted by atomic mass is 10.2. The molecule has 0 aliphatic rings. The Labute approximate surface area is 95.9 Å². The highest BCUT2D eigenvalue weighted by Crippen LogP contribution is 2.08. The monoisotopic (exact) mass is 272 g/mol. The van der Waals surface area contributed by atoms with E-state index in [4.69, 9.17) is 9.11 Å². The van der Waals surface area contributed by atoms with Gasteiger partial charge in [0.1, 0.15) is 5.25 Å². The van der Waals surface area contributed by atoms with E-state index in [0.717, 1.165) is 12.8 Å². The summed E-state index contributed by atoms with van der Waals surface area (Å²) in [5.41, 5.74) is 0. The van der Waals surface area contributed by atoms with E-state index in [-0.39, 0.29) is 6.42 Å². The molecule has 0 radical (unpaired) electrons. The molecule has 8 heteroatoms. The van der Waals surface area contributed by atoms with Gasteiger partial charge >= 0.3 is 0 Å². The van der Waals surface area contributed by atoms with Crippen LogP contribution in [0.2, 0.25) is 0 Å². The second-order valence-corrected chi connectivity index (χ2v) is 6.58. The molecule has 0 saturated carbocycles. The normalized spacial score (nSPS) is 15.4. The summed E-state index contributed by atoms with van der Waals surface area (Å²) in [7, 11) is -8.90. The molecule has 0 amide bonds. The van der Waals surface area contributed by atoms with Gasteiger partial charge in [0.15, 0.2) is 0 Å². The Balaban J connectivity index is 4.60. The van der Waals surface area contributed by atoms with Crippen molar-refractivity contribution in [1.29, 1.82) is 0 Å². The van der Waals surface area contributed by atoms with Gasteiger partial charge in [-0.1, -0.05) is 25.5 Å². The largest absolute Gasteiger partial charge is 0.286 e. The van der Waals surface area contributed by atoms with Crippen molar-refractivity contribution in [1.82, 2.24) is 0 Å². The zero-order valence-electron chi connectivity index (χ0n) is 8.90. The van der Waals surface area contributed by atoms with Crippen LogP contribution in [0.1, 0.15) is 26.2 Å². The van der Waals surface area contributed by atoms with Crippen LogP contribution in [0.15, 0.2) is 12.2 Å². The summed E-state index contributed by atoms with van der Waals surface area (Å²) in [4.78, 5) is 0. The van der Waals surface area contributed by atoms with Gasteiger partial charge in [-0.25, -0.2) is 0 Å². The van der Waals surface area contributed by atoms with Crippen molar-refractivity contribution in [2.24, 2.45) is 0 Å². The van der Waals surface area contributed by atoms with E-state index in [9.17, 15) is 16.8 Å². The van der Waals surface area contributed by atoms with E-state index in [1.165, 1.54) is 6.08 Å². The molecule has 0 aliphatic carbocycles. The first-order valence-electron chi connectivity index (χ1n) is 4.73. The van der Waals surface area contributed by atoms with E-state index in [1.807, 2.05) is 6.92 Å². The second-order valence-electron chi connectivity index (χ2n) is 3.38. The van der Waals surface area contributed by atoms with Gasteiger partial charge in [-0.15, -0.1) is 0 Å². The smallest absolute Gasteiger partial charge is 0.269 e. The molecule has 0 fully saturated rings. The van der Waals surface area contributed by atoms with Gasteiger partial charge in [-0.3, -0.25) is 9.11 Å². The molecular weight excluding hydrogens is 256 g/mol. The number of unbranched alkanes of at least 4 members (excludes halogenated alkanes) is 1. The van der Waals surface area contributed by atoms with Crippen LogP contribution in [0.25, 0.3) is 0 Å². The molecular formula is C8H16O6S2. The fraction of sp³-hybridized carbons (Fsp3) is 0.750. The van der Waals surface area contributed by atoms with Gasteiger partial charge in [-0.05, 0) is 12.8 Å². The standard InChI is InChI=1S/C8H16O6S2/c1-2-3-4-5-6-8(16(12,13)14)7-15(9,10)11/h4-5,8H,2-3,6-7H2,1H3,(H,9,10,11)(H,12,13,14). The fourth-order valence-corrected chi connectivity index (χ4v) is 3.21. The maximum absolute atomic E-state index is 10.8. The summed E-state index contributed by atoms with van der Waals surface area (Å²) in [6.07, 6.45) is 4.66. The molecule has 0 aromatic carbocycles. The topological polar surface area (TPSA) is 109 Å². The van der Waals surface area contributed by atoms with Crippen molar-refractivity contribution >= 4 is 20.2 Å². The van der Waals surface area contributed by atoms with E-state index in [1.54, 1.807) is 6.08 Å². The highest BCUT2D eigenvalue weighted by molar-refractivity contribution is 7.90. The highest BCUT2D eigenvalue weighted by Gasteiger charge is 2.27. The molecule has 0 aromatic rings. The summed E-state index contributed by atoms with van der Waals surface area (Å²) in [6, 6.07) is 0. The van der Waals surface area contributed by atoms with E-state index in [2.05, 4.69) is 0 Å². The van der Waals surface area contributed by atoms with Crippen LogP contribution in [0, 0.1) is 0 Å². The molecule has 0 aliphatic heterocycles. The minimum atomic E-state index is -4.48. The summed E-state index contributed by atoms with van der Waals surface area (Å²) in [5.74, 6) is -0.998. The molecule has 2 N–H and O–H groups in total. The quantitative estimate of drug-likeness (QED) is 0.526. The number of rotatable bonds is 7. The summed E-state index contributed by atoms with van der Waals surface area (Å²) in [6.45, 7) is 1.93. The van der Waals surface area contributed by atoms with Crippen molar-refractivity contribution in [2.45, 2.75) is 31.4 Å². The predicted molar refractivity (Wildman–Crippen MR) is 60.4 cm³/mol. The van der Waals surface area contributed by atoms with Gasteiger partial charge in [0, 0.05) is 0 Å². The SMILES string of the molecule is CCCC=CCC(CS(=O)(=O)O)S(=O)(=O)O. The molecule has 0 bridgehead atoms. The van der Waals surface area contributed by atoms with Crippen molar-refractivity contribution in [3.8, 4) is 0 Å². The first-order valence-corrected chi connectivity index (χ1v) is 7.84. The minimum Gasteiger partial charge on any atom is -0.286 e. The third-order valence-electron chi connectivity index (χ3n) is 1.84. The maximum atomic E-state index is 10.8. The predicted octanol–water partition coefficient (Wildman–Crippen LogP) is 0.877. The lowest BCUT2D eigenvalue weighted by Crippen LogP contribution is -2.28. The Kier molecular flexibility index (Phi) is 6.16. The van der Waals surface area contributed by atoms with Crippen LogP contribution < -0.4 is 0 Å². The molecule has 0 aromatic heterocycles. The van der Waals surface area contributed by atoms with Gasteiger partial charge in [0.2, 0.25) is 0 Å². The van der Waals surface area contributed by atoms with Crippen LogP contribution in [0.3, 0.4) is 0 Å². The number of hydrogen-bond acceptors (Lipinski definition) is 4. The molecule has 6 nitrogen and oxygen atoms in total. The van der Waals surface area contributed by atoms with Crippen LogP contribution in [0.4, 0.5) is 0 Å². The number of hydrogen-bond donors (Lipinski definition) is 2. The lowest BCUT2D eigenvalue weighted by molar-refractivity contribution is 0.457. The molecule has 0 saturated heterocycles. The molecule has 0 heterocycles. The average Bonchev–Trinajstić information content (AvgIpc) is 2.06. The minimum absolute atomic E-state index is 0.140. The van der Waals surface area contributed by atoms with Crippen molar-refractivity contribution in [3.63, 3.8) is 0 Å². The lowest BCUT2D eigenvalue weighted by Gasteiger charge is -2.09. The van der Waals surface area contributed by atoms with E-state index >= 15 is 0 Å². The first-order chi connectivity index (χ1) is 7.17. The van der Waals surface area contributed by atoms with Crippen LogP contribution in [-0.4, -0.2) is 36.9 Å². The Bertz CT molecular complexity index is 419. The van der Waals surface area contributed by atoms with Crippen LogP contribution in [0.5, 0.6) is 0 Å². The number of allylic oxidation sites excluding steroid dienone is 2. The van der Waals surface area contributed by atoms with Crippen molar-refractivity contribution < 1.29 is 25.9 Å². The molecule has 1 atom stereocenters. The van der Waals surface area contributed by atoms with Crippen LogP contribution >= 0.6 is 0 Å². The Morgan fingerprint density at radius 2 is 1.69 bits per heavy atom. The molecule has 0 rings (SSSR count). The molecule has 16 heavy (non-hydrogen) atoms. The van der Waals surface area contributed by atoms with Crippen LogP contribution in [-0.2, 0) is 20.2 Å². The third kappa shape index (κ3) is 7.80. The second kappa shape index (κ2) is 6.33.